The Hall–Kier alpha value is -0.180. The van der Waals surface area contributed by atoms with Gasteiger partial charge in [0.1, 0.15) is 0 Å². The van der Waals surface area contributed by atoms with Crippen molar-refractivity contribution in [2.45, 2.75) is 27.7 Å². The first-order chi connectivity index (χ1) is 4.77. The van der Waals surface area contributed by atoms with Crippen LogP contribution in [-0.4, -0.2) is 17.9 Å². The van der Waals surface area contributed by atoms with Crippen molar-refractivity contribution in [1.82, 2.24) is 0 Å². The van der Waals surface area contributed by atoms with E-state index < -0.39 is 0 Å². The van der Waals surface area contributed by atoms with Crippen molar-refractivity contribution in [1.29, 1.82) is 0 Å². The van der Waals surface area contributed by atoms with Crippen molar-refractivity contribution in [2.24, 2.45) is 5.73 Å². The molecule has 0 atom stereocenters. The largest absolute Gasteiger partial charge is 0.369 e. The van der Waals surface area contributed by atoms with Crippen molar-refractivity contribution in [2.75, 3.05) is 12.0 Å². The molecule has 0 spiro atoms. The smallest absolute Gasteiger partial charge is 0.227 e. The lowest BCUT2D eigenvalue weighted by atomic mass is 10.8. The summed E-state index contributed by atoms with van der Waals surface area (Å²) >= 11 is 1.44. The zero-order chi connectivity index (χ0) is 8.99. The van der Waals surface area contributed by atoms with Gasteiger partial charge in [0, 0.05) is 0 Å². The molecule has 0 rings (SSSR count). The van der Waals surface area contributed by atoms with Crippen LogP contribution in [0.5, 0.6) is 0 Å². The quantitative estimate of drug-likeness (QED) is 0.679. The van der Waals surface area contributed by atoms with E-state index in [1.165, 1.54) is 11.8 Å². The highest BCUT2D eigenvalue weighted by Crippen LogP contribution is 1.85. The van der Waals surface area contributed by atoms with Crippen LogP contribution < -0.4 is 5.73 Å². The summed E-state index contributed by atoms with van der Waals surface area (Å²) in [4.78, 5) is 9.80. The lowest BCUT2D eigenvalue weighted by molar-refractivity contribution is -0.115. The summed E-state index contributed by atoms with van der Waals surface area (Å²) in [6, 6.07) is 0. The van der Waals surface area contributed by atoms with Gasteiger partial charge in [0.25, 0.3) is 0 Å². The summed E-state index contributed by atoms with van der Waals surface area (Å²) in [6.45, 7) is 8.00. The molecule has 0 aliphatic rings. The van der Waals surface area contributed by atoms with Gasteiger partial charge in [-0.25, -0.2) is 0 Å². The van der Waals surface area contributed by atoms with E-state index in [0.29, 0.717) is 5.75 Å². The van der Waals surface area contributed by atoms with Gasteiger partial charge in [-0.15, -0.1) is 0 Å². The molecule has 0 fully saturated rings. The Kier molecular flexibility index (Phi) is 38.1. The lowest BCUT2D eigenvalue weighted by Gasteiger charge is -1.81. The number of hydrogen-bond acceptors (Lipinski definition) is 2. The van der Waals surface area contributed by atoms with Gasteiger partial charge < -0.3 is 5.73 Å². The summed E-state index contributed by atoms with van der Waals surface area (Å²) in [5, 5.41) is 0. The van der Waals surface area contributed by atoms with E-state index in [9.17, 15) is 4.79 Å². The molecule has 2 N–H and O–H groups in total. The van der Waals surface area contributed by atoms with Crippen molar-refractivity contribution in [3.05, 3.63) is 0 Å². The minimum Gasteiger partial charge on any atom is -0.369 e. The number of nitrogens with two attached hydrogens (primary N) is 1. The summed E-state index contributed by atoms with van der Waals surface area (Å²) in [5.74, 6) is 0.183. The minimum absolute atomic E-state index is 0.248. The van der Waals surface area contributed by atoms with Crippen LogP contribution >= 0.6 is 11.8 Å². The van der Waals surface area contributed by atoms with E-state index >= 15 is 0 Å². The average molecular weight is 165 g/mol. The van der Waals surface area contributed by atoms with Gasteiger partial charge in [-0.2, -0.15) is 11.8 Å². The minimum atomic E-state index is -0.248. The van der Waals surface area contributed by atoms with Gasteiger partial charge in [0.15, 0.2) is 0 Å². The third kappa shape index (κ3) is 45.7. The number of carbonyl (C=O) groups is 1. The van der Waals surface area contributed by atoms with E-state index in [-0.39, 0.29) is 5.91 Å². The molecular formula is C7H19NOS. The molecule has 0 aromatic rings. The summed E-state index contributed by atoms with van der Waals surface area (Å²) in [7, 11) is 0. The van der Waals surface area contributed by atoms with E-state index in [1.54, 1.807) is 0 Å². The third-order valence-corrected chi connectivity index (χ3v) is 0.860. The molecule has 3 heteroatoms. The maximum absolute atomic E-state index is 9.80. The summed E-state index contributed by atoms with van der Waals surface area (Å²) in [5.41, 5.74) is 4.74. The Morgan fingerprint density at radius 2 is 1.60 bits per heavy atom. The summed E-state index contributed by atoms with van der Waals surface area (Å²) < 4.78 is 0. The monoisotopic (exact) mass is 165 g/mol. The van der Waals surface area contributed by atoms with Gasteiger partial charge >= 0.3 is 0 Å². The standard InChI is InChI=1S/C3H7NOS.2C2H6/c1-6-2-3(4)5;2*1-2/h2H2,1H3,(H2,4,5);2*1-2H3. The maximum Gasteiger partial charge on any atom is 0.227 e. The third-order valence-electron chi connectivity index (χ3n) is 0.287. The fourth-order valence-corrected chi connectivity index (χ4v) is 0.427. The fourth-order valence-electron chi connectivity index (χ4n) is 0.142. The molecule has 0 aliphatic heterocycles. The molecule has 0 unspecified atom stereocenters. The van der Waals surface area contributed by atoms with E-state index in [1.807, 2.05) is 34.0 Å². The number of thioether (sulfide) groups is 1. The predicted molar refractivity (Wildman–Crippen MR) is 50.3 cm³/mol. The van der Waals surface area contributed by atoms with Crippen molar-refractivity contribution in [3.63, 3.8) is 0 Å². The van der Waals surface area contributed by atoms with Crippen LogP contribution in [0.2, 0.25) is 0 Å². The molecule has 64 valence electrons. The number of rotatable bonds is 2. The van der Waals surface area contributed by atoms with E-state index in [0.717, 1.165) is 0 Å². The number of hydrogen-bond donors (Lipinski definition) is 1. The molecule has 1 amide bonds. The molecule has 0 saturated carbocycles. The van der Waals surface area contributed by atoms with Crippen LogP contribution in [0, 0.1) is 0 Å². The highest BCUT2D eigenvalue weighted by Gasteiger charge is 1.84. The van der Waals surface area contributed by atoms with Crippen LogP contribution in [0.4, 0.5) is 0 Å². The molecule has 0 aromatic heterocycles. The zero-order valence-electron chi connectivity index (χ0n) is 7.60. The van der Waals surface area contributed by atoms with Gasteiger partial charge in [0.2, 0.25) is 5.91 Å². The van der Waals surface area contributed by atoms with Crippen LogP contribution in [0.1, 0.15) is 27.7 Å². The normalized spacial score (nSPS) is 6.10. The number of primary amides is 1. The highest BCUT2D eigenvalue weighted by atomic mass is 32.2. The molecule has 0 heterocycles. The molecule has 0 radical (unpaired) electrons. The molecule has 0 saturated heterocycles. The maximum atomic E-state index is 9.80. The van der Waals surface area contributed by atoms with Crippen LogP contribution in [0.25, 0.3) is 0 Å². The second-order valence-corrected chi connectivity index (χ2v) is 1.77. The SMILES string of the molecule is CC.CC.CSCC(N)=O. The average Bonchev–Trinajstić information content (AvgIpc) is 1.96. The Balaban J connectivity index is -0.000000105. The topological polar surface area (TPSA) is 43.1 Å². The molecule has 2 nitrogen and oxygen atoms in total. The van der Waals surface area contributed by atoms with Crippen LogP contribution in [0.15, 0.2) is 0 Å². The Morgan fingerprint density at radius 1 is 1.30 bits per heavy atom. The summed E-state index contributed by atoms with van der Waals surface area (Å²) in [6.07, 6.45) is 1.84. The Morgan fingerprint density at radius 3 is 1.60 bits per heavy atom. The first-order valence-corrected chi connectivity index (χ1v) is 4.94. The second-order valence-electron chi connectivity index (χ2n) is 0.899. The van der Waals surface area contributed by atoms with Gasteiger partial charge in [0.05, 0.1) is 5.75 Å². The molecule has 0 bridgehead atoms. The second kappa shape index (κ2) is 23.2. The Labute approximate surface area is 68.6 Å². The number of amides is 1. The van der Waals surface area contributed by atoms with Crippen LogP contribution in [-0.2, 0) is 4.79 Å². The van der Waals surface area contributed by atoms with Gasteiger partial charge in [-0.05, 0) is 6.26 Å². The molecular weight excluding hydrogens is 146 g/mol. The van der Waals surface area contributed by atoms with E-state index in [2.05, 4.69) is 0 Å². The molecule has 0 aromatic carbocycles. The van der Waals surface area contributed by atoms with Gasteiger partial charge in [-0.3, -0.25) is 4.79 Å². The fraction of sp³-hybridized carbons (Fsp3) is 0.857. The predicted octanol–water partition coefficient (Wildman–Crippen LogP) is 1.89. The van der Waals surface area contributed by atoms with Crippen LogP contribution in [0.3, 0.4) is 0 Å². The van der Waals surface area contributed by atoms with Crippen molar-refractivity contribution in [3.8, 4) is 0 Å². The molecule has 0 aliphatic carbocycles. The first kappa shape index (κ1) is 16.4. The number of carbonyl (C=O) groups excluding carboxylic acids is 1. The van der Waals surface area contributed by atoms with E-state index in [4.69, 9.17) is 5.73 Å². The zero-order valence-corrected chi connectivity index (χ0v) is 8.42. The first-order valence-electron chi connectivity index (χ1n) is 3.54. The van der Waals surface area contributed by atoms with Gasteiger partial charge in [-0.1, -0.05) is 27.7 Å². The van der Waals surface area contributed by atoms with Crippen molar-refractivity contribution >= 4 is 17.7 Å². The molecule has 10 heavy (non-hydrogen) atoms. The van der Waals surface area contributed by atoms with Crippen molar-refractivity contribution < 1.29 is 4.79 Å². The highest BCUT2D eigenvalue weighted by molar-refractivity contribution is 7.99. The Bertz CT molecular complexity index is 57.6. The lowest BCUT2D eigenvalue weighted by Crippen LogP contribution is -2.12.